The van der Waals surface area contributed by atoms with Crippen molar-refractivity contribution < 1.29 is 4.79 Å². The summed E-state index contributed by atoms with van der Waals surface area (Å²) in [5, 5.41) is 0.931. The predicted molar refractivity (Wildman–Crippen MR) is 61.3 cm³/mol. The van der Waals surface area contributed by atoms with E-state index in [1.165, 1.54) is 0 Å². The number of carbonyl (C=O) groups excluding carboxylic acids is 1. The summed E-state index contributed by atoms with van der Waals surface area (Å²) in [6.07, 6.45) is 1.84. The molecule has 2 nitrogen and oxygen atoms in total. The van der Waals surface area contributed by atoms with Crippen molar-refractivity contribution in [1.29, 1.82) is 0 Å². The molecule has 80 valence electrons. The van der Waals surface area contributed by atoms with Crippen LogP contribution in [0.25, 0.3) is 0 Å². The Hall–Kier alpha value is -0.570. The van der Waals surface area contributed by atoms with Gasteiger partial charge in [-0.05, 0) is 24.5 Å². The van der Waals surface area contributed by atoms with Gasteiger partial charge in [-0.25, -0.2) is 0 Å². The van der Waals surface area contributed by atoms with E-state index in [1.54, 1.807) is 18.2 Å². The first-order valence-electron chi connectivity index (χ1n) is 4.78. The molecule has 0 aromatic heterocycles. The molecule has 0 bridgehead atoms. The number of halogens is 2. The highest BCUT2D eigenvalue weighted by molar-refractivity contribution is 6.42. The van der Waals surface area contributed by atoms with Gasteiger partial charge >= 0.3 is 0 Å². The van der Waals surface area contributed by atoms with Gasteiger partial charge in [0.1, 0.15) is 0 Å². The third-order valence-corrected chi connectivity index (χ3v) is 3.58. The maximum atomic E-state index is 11.7. The van der Waals surface area contributed by atoms with Gasteiger partial charge in [0.05, 0.1) is 15.6 Å². The number of benzene rings is 1. The molecule has 1 aliphatic carbocycles. The lowest BCUT2D eigenvalue weighted by molar-refractivity contribution is -0.120. The minimum atomic E-state index is -0.592. The molecule has 0 unspecified atom stereocenters. The highest BCUT2D eigenvalue weighted by Crippen LogP contribution is 2.35. The van der Waals surface area contributed by atoms with Crippen LogP contribution < -0.4 is 5.73 Å². The van der Waals surface area contributed by atoms with E-state index in [0.29, 0.717) is 10.0 Å². The van der Waals surface area contributed by atoms with Gasteiger partial charge in [0.2, 0.25) is 0 Å². The molecule has 0 heterocycles. The van der Waals surface area contributed by atoms with Gasteiger partial charge < -0.3 is 5.73 Å². The zero-order valence-corrected chi connectivity index (χ0v) is 9.61. The molecule has 1 aromatic carbocycles. The molecular weight excluding hydrogens is 233 g/mol. The number of hydrogen-bond acceptors (Lipinski definition) is 2. The first-order valence-corrected chi connectivity index (χ1v) is 5.53. The van der Waals surface area contributed by atoms with Crippen molar-refractivity contribution in [3.8, 4) is 0 Å². The average Bonchev–Trinajstić information content (AvgIpc) is 2.93. The third-order valence-electron chi connectivity index (χ3n) is 2.73. The van der Waals surface area contributed by atoms with Gasteiger partial charge in [-0.2, -0.15) is 0 Å². The van der Waals surface area contributed by atoms with Gasteiger partial charge in [-0.1, -0.05) is 35.3 Å². The highest BCUT2D eigenvalue weighted by Gasteiger charge is 2.45. The standard InChI is InChI=1S/C11H11Cl2NO/c12-8-3-1-2-7(10(8)13)6-9(15)11(14)4-5-11/h1-3H,4-6,14H2. The van der Waals surface area contributed by atoms with Gasteiger partial charge in [0.15, 0.2) is 5.78 Å². The van der Waals surface area contributed by atoms with E-state index in [4.69, 9.17) is 28.9 Å². The summed E-state index contributed by atoms with van der Waals surface area (Å²) in [6, 6.07) is 5.29. The zero-order valence-electron chi connectivity index (χ0n) is 8.09. The number of Topliss-reactive ketones (excluding diaryl/α,β-unsaturated/α-hetero) is 1. The summed E-state index contributed by atoms with van der Waals surface area (Å²) in [4.78, 5) is 11.7. The third kappa shape index (κ3) is 2.17. The van der Waals surface area contributed by atoms with Crippen LogP contribution in [-0.2, 0) is 11.2 Å². The molecule has 0 atom stereocenters. The van der Waals surface area contributed by atoms with Gasteiger partial charge in [0.25, 0.3) is 0 Å². The van der Waals surface area contributed by atoms with E-state index in [0.717, 1.165) is 18.4 Å². The fourth-order valence-corrected chi connectivity index (χ4v) is 1.83. The van der Waals surface area contributed by atoms with Crippen LogP contribution in [0.15, 0.2) is 18.2 Å². The molecule has 2 rings (SSSR count). The van der Waals surface area contributed by atoms with Crippen LogP contribution >= 0.6 is 23.2 Å². The fourth-order valence-electron chi connectivity index (χ4n) is 1.45. The first kappa shape index (κ1) is 10.9. The summed E-state index contributed by atoms with van der Waals surface area (Å²) < 4.78 is 0. The van der Waals surface area contributed by atoms with Crippen LogP contribution in [0.1, 0.15) is 18.4 Å². The van der Waals surface area contributed by atoms with Crippen molar-refractivity contribution in [2.24, 2.45) is 5.73 Å². The van der Waals surface area contributed by atoms with Crippen LogP contribution in [0.2, 0.25) is 10.0 Å². The van der Waals surface area contributed by atoms with Crippen molar-refractivity contribution in [3.05, 3.63) is 33.8 Å². The van der Waals surface area contributed by atoms with Crippen molar-refractivity contribution in [2.75, 3.05) is 0 Å². The maximum Gasteiger partial charge on any atom is 0.157 e. The summed E-state index contributed by atoms with van der Waals surface area (Å²) in [7, 11) is 0. The Bertz CT molecular complexity index is 413. The van der Waals surface area contributed by atoms with E-state index in [-0.39, 0.29) is 12.2 Å². The predicted octanol–water partition coefficient (Wildman–Crippen LogP) is 2.60. The lowest BCUT2D eigenvalue weighted by Crippen LogP contribution is -2.34. The SMILES string of the molecule is NC1(C(=O)Cc2cccc(Cl)c2Cl)CC1. The normalized spacial score (nSPS) is 17.5. The Labute approximate surface area is 98.4 Å². The lowest BCUT2D eigenvalue weighted by Gasteiger charge is -2.09. The topological polar surface area (TPSA) is 43.1 Å². The first-order chi connectivity index (χ1) is 7.03. The van der Waals surface area contributed by atoms with E-state index in [9.17, 15) is 4.79 Å². The van der Waals surface area contributed by atoms with E-state index in [2.05, 4.69) is 0 Å². The maximum absolute atomic E-state index is 11.7. The van der Waals surface area contributed by atoms with Gasteiger partial charge in [-0.15, -0.1) is 0 Å². The Morgan fingerprint density at radius 3 is 2.67 bits per heavy atom. The van der Waals surface area contributed by atoms with Crippen molar-refractivity contribution >= 4 is 29.0 Å². The highest BCUT2D eigenvalue weighted by atomic mass is 35.5. The molecular formula is C11H11Cl2NO. The monoisotopic (exact) mass is 243 g/mol. The Kier molecular flexibility index (Phi) is 2.75. The van der Waals surface area contributed by atoms with E-state index < -0.39 is 5.54 Å². The Morgan fingerprint density at radius 2 is 2.07 bits per heavy atom. The molecule has 15 heavy (non-hydrogen) atoms. The summed E-state index contributed by atoms with van der Waals surface area (Å²) in [6.45, 7) is 0. The molecule has 1 aliphatic rings. The molecule has 0 spiro atoms. The Balaban J connectivity index is 2.17. The van der Waals surface area contributed by atoms with E-state index >= 15 is 0 Å². The van der Waals surface area contributed by atoms with Crippen molar-refractivity contribution in [3.63, 3.8) is 0 Å². The number of rotatable bonds is 3. The molecule has 0 amide bonds. The van der Waals surface area contributed by atoms with Crippen LogP contribution in [0.3, 0.4) is 0 Å². The second-order valence-electron chi connectivity index (χ2n) is 3.97. The molecule has 0 aliphatic heterocycles. The second kappa shape index (κ2) is 3.78. The van der Waals surface area contributed by atoms with Gasteiger partial charge in [-0.3, -0.25) is 4.79 Å². The number of ketones is 1. The molecule has 1 aromatic rings. The molecule has 0 saturated heterocycles. The van der Waals surface area contributed by atoms with Crippen LogP contribution in [0, 0.1) is 0 Å². The van der Waals surface area contributed by atoms with E-state index in [1.807, 2.05) is 0 Å². The zero-order chi connectivity index (χ0) is 11.1. The fraction of sp³-hybridized carbons (Fsp3) is 0.364. The van der Waals surface area contributed by atoms with Crippen molar-refractivity contribution in [1.82, 2.24) is 0 Å². The van der Waals surface area contributed by atoms with Gasteiger partial charge in [0, 0.05) is 6.42 Å². The largest absolute Gasteiger partial charge is 0.319 e. The number of carbonyl (C=O) groups is 1. The molecule has 1 saturated carbocycles. The van der Waals surface area contributed by atoms with Crippen molar-refractivity contribution in [2.45, 2.75) is 24.8 Å². The second-order valence-corrected chi connectivity index (χ2v) is 4.75. The summed E-state index contributed by atoms with van der Waals surface area (Å²) in [5.41, 5.74) is 5.96. The molecule has 4 heteroatoms. The minimum absolute atomic E-state index is 0.0478. The van der Waals surface area contributed by atoms with Crippen LogP contribution in [0.4, 0.5) is 0 Å². The number of hydrogen-bond donors (Lipinski definition) is 1. The number of nitrogens with two attached hydrogens (primary N) is 1. The quantitative estimate of drug-likeness (QED) is 0.887. The average molecular weight is 244 g/mol. The Morgan fingerprint density at radius 1 is 1.40 bits per heavy atom. The summed E-state index contributed by atoms with van der Waals surface area (Å²) in [5.74, 6) is 0.0478. The van der Waals surface area contributed by atoms with Crippen LogP contribution in [-0.4, -0.2) is 11.3 Å². The molecule has 0 radical (unpaired) electrons. The smallest absolute Gasteiger partial charge is 0.157 e. The lowest BCUT2D eigenvalue weighted by atomic mass is 10.0. The minimum Gasteiger partial charge on any atom is -0.319 e. The molecule has 2 N–H and O–H groups in total. The molecule has 1 fully saturated rings. The van der Waals surface area contributed by atoms with Crippen LogP contribution in [0.5, 0.6) is 0 Å². The summed E-state index contributed by atoms with van der Waals surface area (Å²) >= 11 is 11.8.